The molecular formula is C15H28N2O4. The molecule has 2 N–H and O–H groups in total. The lowest BCUT2D eigenvalue weighted by Gasteiger charge is -2.30. The van der Waals surface area contributed by atoms with Crippen LogP contribution in [0.2, 0.25) is 0 Å². The van der Waals surface area contributed by atoms with Gasteiger partial charge >= 0.3 is 12.0 Å². The number of piperidine rings is 1. The molecule has 0 bridgehead atoms. The largest absolute Gasteiger partial charge is 0.481 e. The number of carbonyl (C=O) groups is 2. The Hall–Kier alpha value is -1.30. The van der Waals surface area contributed by atoms with Crippen molar-refractivity contribution in [3.63, 3.8) is 0 Å². The van der Waals surface area contributed by atoms with Gasteiger partial charge in [-0.05, 0) is 31.1 Å². The normalized spacial score (nSPS) is 16.8. The van der Waals surface area contributed by atoms with Gasteiger partial charge < -0.3 is 20.1 Å². The number of ether oxygens (including phenoxy) is 1. The minimum Gasteiger partial charge on any atom is -0.481 e. The van der Waals surface area contributed by atoms with Crippen molar-refractivity contribution in [1.29, 1.82) is 0 Å². The first-order chi connectivity index (χ1) is 9.85. The topological polar surface area (TPSA) is 78.9 Å². The number of urea groups is 1. The first kappa shape index (κ1) is 17.8. The number of amides is 2. The zero-order valence-electron chi connectivity index (χ0n) is 13.4. The van der Waals surface area contributed by atoms with Crippen LogP contribution in [-0.4, -0.2) is 55.4 Å². The number of nitrogens with zero attached hydrogens (tertiary/aromatic N) is 1. The van der Waals surface area contributed by atoms with Gasteiger partial charge in [-0.2, -0.15) is 0 Å². The molecule has 0 atom stereocenters. The first-order valence-electron chi connectivity index (χ1n) is 7.60. The van der Waals surface area contributed by atoms with Crippen molar-refractivity contribution in [2.45, 2.75) is 39.5 Å². The second kappa shape index (κ2) is 8.22. The summed E-state index contributed by atoms with van der Waals surface area (Å²) in [6, 6.07) is -0.0802. The Morgan fingerprint density at radius 1 is 1.33 bits per heavy atom. The van der Waals surface area contributed by atoms with Gasteiger partial charge in [0.1, 0.15) is 0 Å². The van der Waals surface area contributed by atoms with Gasteiger partial charge in [-0.25, -0.2) is 4.79 Å². The summed E-state index contributed by atoms with van der Waals surface area (Å²) in [5.74, 6) is -1.06. The van der Waals surface area contributed by atoms with E-state index in [1.54, 1.807) is 12.0 Å². The fraction of sp³-hybridized carbons (Fsp3) is 0.867. The molecule has 1 fully saturated rings. The minimum atomic E-state index is -0.754. The summed E-state index contributed by atoms with van der Waals surface area (Å²) in [4.78, 5) is 24.5. The highest BCUT2D eigenvalue weighted by molar-refractivity contribution is 5.75. The van der Waals surface area contributed by atoms with Gasteiger partial charge in [0.25, 0.3) is 0 Å². The van der Waals surface area contributed by atoms with Crippen LogP contribution in [0.15, 0.2) is 0 Å². The van der Waals surface area contributed by atoms with E-state index in [4.69, 9.17) is 9.84 Å². The lowest BCUT2D eigenvalue weighted by molar-refractivity contribution is -0.143. The monoisotopic (exact) mass is 300 g/mol. The summed E-state index contributed by atoms with van der Waals surface area (Å²) in [6.45, 7) is 6.70. The highest BCUT2D eigenvalue weighted by atomic mass is 16.5. The van der Waals surface area contributed by atoms with E-state index in [0.29, 0.717) is 39.1 Å². The van der Waals surface area contributed by atoms with Crippen LogP contribution < -0.4 is 5.32 Å². The fourth-order valence-corrected chi connectivity index (χ4v) is 2.67. The number of rotatable bonds is 7. The lowest BCUT2D eigenvalue weighted by Crippen LogP contribution is -2.45. The molecule has 0 aromatic carbocycles. The summed E-state index contributed by atoms with van der Waals surface area (Å²) < 4.78 is 5.17. The quantitative estimate of drug-likeness (QED) is 0.704. The molecule has 2 amide bonds. The molecule has 122 valence electrons. The highest BCUT2D eigenvalue weighted by Crippen LogP contribution is 2.22. The van der Waals surface area contributed by atoms with E-state index in [9.17, 15) is 9.59 Å². The van der Waals surface area contributed by atoms with Crippen LogP contribution in [0.1, 0.15) is 39.5 Å². The Bertz CT molecular complexity index is 350. The Balaban J connectivity index is 2.19. The predicted octanol–water partition coefficient (Wildman–Crippen LogP) is 1.95. The zero-order valence-corrected chi connectivity index (χ0v) is 13.4. The number of carboxylic acids is 1. The number of nitrogens with one attached hydrogen (secondary N) is 1. The molecule has 1 aliphatic rings. The van der Waals surface area contributed by atoms with E-state index in [0.717, 1.165) is 12.8 Å². The molecule has 0 spiro atoms. The maximum absolute atomic E-state index is 12.0. The van der Waals surface area contributed by atoms with Gasteiger partial charge in [-0.15, -0.1) is 0 Å². The lowest BCUT2D eigenvalue weighted by atomic mass is 9.89. The zero-order chi connectivity index (χ0) is 15.9. The number of methoxy groups -OCH3 is 1. The van der Waals surface area contributed by atoms with E-state index in [-0.39, 0.29) is 17.4 Å². The van der Waals surface area contributed by atoms with Crippen LogP contribution in [0, 0.1) is 11.3 Å². The second-order valence-corrected chi connectivity index (χ2v) is 6.53. The molecule has 0 aromatic rings. The molecule has 1 rings (SSSR count). The van der Waals surface area contributed by atoms with Crippen LogP contribution in [0.4, 0.5) is 4.79 Å². The third-order valence-corrected chi connectivity index (χ3v) is 3.97. The average Bonchev–Trinajstić information content (AvgIpc) is 2.43. The molecule has 6 heteroatoms. The van der Waals surface area contributed by atoms with E-state index in [2.05, 4.69) is 19.2 Å². The van der Waals surface area contributed by atoms with Gasteiger partial charge in [0.05, 0.1) is 12.5 Å². The molecule has 1 aliphatic heterocycles. The third kappa shape index (κ3) is 6.33. The summed E-state index contributed by atoms with van der Waals surface area (Å²) >= 11 is 0. The smallest absolute Gasteiger partial charge is 0.317 e. The molecule has 0 aromatic heterocycles. The maximum atomic E-state index is 12.0. The van der Waals surface area contributed by atoms with E-state index < -0.39 is 5.97 Å². The first-order valence-corrected chi connectivity index (χ1v) is 7.60. The van der Waals surface area contributed by atoms with Gasteiger partial charge in [0.2, 0.25) is 0 Å². The standard InChI is InChI=1S/C15H28N2O4/c1-15(2,11-21-3)7-4-8-16-14(20)17-9-5-12(6-10-17)13(18)19/h12H,4-11H2,1-3H3,(H,16,20)(H,18,19). The molecule has 6 nitrogen and oxygen atoms in total. The Labute approximate surface area is 126 Å². The number of likely N-dealkylation sites (tertiary alicyclic amines) is 1. The predicted molar refractivity (Wildman–Crippen MR) is 80.2 cm³/mol. The van der Waals surface area contributed by atoms with E-state index in [1.165, 1.54) is 0 Å². The van der Waals surface area contributed by atoms with E-state index >= 15 is 0 Å². The van der Waals surface area contributed by atoms with Crippen molar-refractivity contribution in [2.75, 3.05) is 33.4 Å². The summed E-state index contributed by atoms with van der Waals surface area (Å²) in [6.07, 6.45) is 2.99. The maximum Gasteiger partial charge on any atom is 0.317 e. The van der Waals surface area contributed by atoms with Crippen LogP contribution >= 0.6 is 0 Å². The number of hydrogen-bond acceptors (Lipinski definition) is 3. The number of carboxylic acid groups (broad SMARTS) is 1. The molecule has 1 saturated heterocycles. The summed E-state index contributed by atoms with van der Waals surface area (Å²) in [5.41, 5.74) is 0.124. The van der Waals surface area contributed by atoms with Crippen molar-refractivity contribution in [3.8, 4) is 0 Å². The Kier molecular flexibility index (Phi) is 6.95. The summed E-state index contributed by atoms with van der Waals surface area (Å²) in [7, 11) is 1.70. The molecule has 0 unspecified atom stereocenters. The molecule has 0 radical (unpaired) electrons. The van der Waals surface area contributed by atoms with Crippen LogP contribution in [-0.2, 0) is 9.53 Å². The van der Waals surface area contributed by atoms with Gasteiger partial charge in [0, 0.05) is 26.7 Å². The van der Waals surface area contributed by atoms with Crippen LogP contribution in [0.25, 0.3) is 0 Å². The minimum absolute atomic E-state index is 0.0802. The van der Waals surface area contributed by atoms with Gasteiger partial charge in [-0.1, -0.05) is 13.8 Å². The van der Waals surface area contributed by atoms with Crippen molar-refractivity contribution in [1.82, 2.24) is 10.2 Å². The SMILES string of the molecule is COCC(C)(C)CCCNC(=O)N1CCC(C(=O)O)CC1. The molecule has 0 aliphatic carbocycles. The molecule has 1 heterocycles. The van der Waals surface area contributed by atoms with Crippen molar-refractivity contribution < 1.29 is 19.4 Å². The van der Waals surface area contributed by atoms with Crippen molar-refractivity contribution >= 4 is 12.0 Å². The van der Waals surface area contributed by atoms with E-state index in [1.807, 2.05) is 0 Å². The number of hydrogen-bond donors (Lipinski definition) is 2. The van der Waals surface area contributed by atoms with Crippen LogP contribution in [0.5, 0.6) is 0 Å². The number of carbonyl (C=O) groups excluding carboxylic acids is 1. The Morgan fingerprint density at radius 2 is 1.95 bits per heavy atom. The van der Waals surface area contributed by atoms with Gasteiger partial charge in [0.15, 0.2) is 0 Å². The molecular weight excluding hydrogens is 272 g/mol. The fourth-order valence-electron chi connectivity index (χ4n) is 2.67. The molecule has 21 heavy (non-hydrogen) atoms. The van der Waals surface area contributed by atoms with Crippen LogP contribution in [0.3, 0.4) is 0 Å². The third-order valence-electron chi connectivity index (χ3n) is 3.97. The highest BCUT2D eigenvalue weighted by Gasteiger charge is 2.26. The van der Waals surface area contributed by atoms with Crippen molar-refractivity contribution in [2.24, 2.45) is 11.3 Å². The molecule has 0 saturated carbocycles. The van der Waals surface area contributed by atoms with Gasteiger partial charge in [-0.3, -0.25) is 4.79 Å². The number of aliphatic carboxylic acids is 1. The Morgan fingerprint density at radius 3 is 2.48 bits per heavy atom. The summed E-state index contributed by atoms with van der Waals surface area (Å²) in [5, 5.41) is 11.8. The average molecular weight is 300 g/mol. The second-order valence-electron chi connectivity index (χ2n) is 6.53. The van der Waals surface area contributed by atoms with Crippen molar-refractivity contribution in [3.05, 3.63) is 0 Å².